The zero-order valence-electron chi connectivity index (χ0n) is 14.9. The van der Waals surface area contributed by atoms with E-state index in [1.54, 1.807) is 4.68 Å². The standard InChI is InChI=1S/C17H21BrN4O5/c1-10-16(18)11(2)21(20-10)8-7-15(24)19-14(9-23)17(25)12-3-5-13(6-4-12)22(26)27/h3-6,14,17,23,25H,7-9H2,1-2H3,(H,19,24). The highest BCUT2D eigenvalue weighted by Gasteiger charge is 2.23. The molecule has 3 N–H and O–H groups in total. The summed E-state index contributed by atoms with van der Waals surface area (Å²) in [5.41, 5.74) is 1.99. The van der Waals surface area contributed by atoms with Gasteiger partial charge >= 0.3 is 0 Å². The van der Waals surface area contributed by atoms with Crippen LogP contribution in [0.3, 0.4) is 0 Å². The first kappa shape index (κ1) is 21.0. The third-order valence-corrected chi connectivity index (χ3v) is 5.36. The molecule has 0 fully saturated rings. The van der Waals surface area contributed by atoms with Gasteiger partial charge in [0.15, 0.2) is 0 Å². The van der Waals surface area contributed by atoms with E-state index in [1.165, 1.54) is 24.3 Å². The Morgan fingerprint density at radius 3 is 2.48 bits per heavy atom. The van der Waals surface area contributed by atoms with Crippen LogP contribution in [0.25, 0.3) is 0 Å². The summed E-state index contributed by atoms with van der Waals surface area (Å²) in [6, 6.07) is 4.38. The third kappa shape index (κ3) is 5.12. The Morgan fingerprint density at radius 2 is 2.00 bits per heavy atom. The molecule has 1 aromatic carbocycles. The van der Waals surface area contributed by atoms with E-state index in [1.807, 2.05) is 13.8 Å². The van der Waals surface area contributed by atoms with E-state index in [2.05, 4.69) is 26.3 Å². The second kappa shape index (κ2) is 9.07. The van der Waals surface area contributed by atoms with Gasteiger partial charge in [0.25, 0.3) is 5.69 Å². The molecule has 0 radical (unpaired) electrons. The molecule has 9 nitrogen and oxygen atoms in total. The predicted octanol–water partition coefficient (Wildman–Crippen LogP) is 1.77. The number of nitro groups is 1. The Hall–Kier alpha value is -2.30. The molecule has 2 rings (SSSR count). The van der Waals surface area contributed by atoms with Crippen LogP contribution in [0.1, 0.15) is 29.5 Å². The van der Waals surface area contributed by atoms with Crippen LogP contribution < -0.4 is 5.32 Å². The average molecular weight is 441 g/mol. The number of benzene rings is 1. The van der Waals surface area contributed by atoms with Crippen LogP contribution in [0.4, 0.5) is 5.69 Å². The minimum absolute atomic E-state index is 0.105. The SMILES string of the molecule is Cc1nn(CCC(=O)NC(CO)C(O)c2ccc([N+](=O)[O-])cc2)c(C)c1Br. The number of aliphatic hydroxyl groups excluding tert-OH is 2. The van der Waals surface area contributed by atoms with Crippen molar-refractivity contribution in [3.63, 3.8) is 0 Å². The van der Waals surface area contributed by atoms with Gasteiger partial charge in [-0.3, -0.25) is 19.6 Å². The summed E-state index contributed by atoms with van der Waals surface area (Å²) in [5, 5.41) is 37.5. The zero-order chi connectivity index (χ0) is 20.1. The number of nitrogens with one attached hydrogen (secondary N) is 1. The van der Waals surface area contributed by atoms with Crippen LogP contribution in [0.15, 0.2) is 28.7 Å². The van der Waals surface area contributed by atoms with Gasteiger partial charge in [0, 0.05) is 24.2 Å². The summed E-state index contributed by atoms with van der Waals surface area (Å²) >= 11 is 3.43. The van der Waals surface area contributed by atoms with Crippen molar-refractivity contribution in [1.82, 2.24) is 15.1 Å². The fraction of sp³-hybridized carbons (Fsp3) is 0.412. The van der Waals surface area contributed by atoms with E-state index in [4.69, 9.17) is 0 Å². The molecular formula is C17H21BrN4O5. The van der Waals surface area contributed by atoms with Gasteiger partial charge in [-0.15, -0.1) is 0 Å². The van der Waals surface area contributed by atoms with Crippen LogP contribution >= 0.6 is 15.9 Å². The monoisotopic (exact) mass is 440 g/mol. The Morgan fingerprint density at radius 1 is 1.37 bits per heavy atom. The number of non-ortho nitro benzene ring substituents is 1. The summed E-state index contributed by atoms with van der Waals surface area (Å²) in [4.78, 5) is 22.3. The molecule has 0 aliphatic rings. The number of amides is 1. The first-order valence-corrected chi connectivity index (χ1v) is 9.06. The van der Waals surface area contributed by atoms with Gasteiger partial charge in [-0.25, -0.2) is 0 Å². The summed E-state index contributed by atoms with van der Waals surface area (Å²) in [5.74, 6) is -0.348. The number of nitro benzene ring substituents is 1. The summed E-state index contributed by atoms with van der Waals surface area (Å²) in [6.45, 7) is 3.62. The van der Waals surface area contributed by atoms with Crippen molar-refractivity contribution in [3.05, 3.63) is 55.8 Å². The molecule has 0 saturated heterocycles. The summed E-state index contributed by atoms with van der Waals surface area (Å²) in [7, 11) is 0. The van der Waals surface area contributed by atoms with Crippen LogP contribution in [-0.4, -0.2) is 43.5 Å². The number of carbonyl (C=O) groups is 1. The lowest BCUT2D eigenvalue weighted by Crippen LogP contribution is -2.42. The lowest BCUT2D eigenvalue weighted by atomic mass is 10.0. The second-order valence-corrected chi connectivity index (χ2v) is 6.90. The number of halogens is 1. The number of nitrogens with zero attached hydrogens (tertiary/aromatic N) is 3. The molecule has 146 valence electrons. The van der Waals surface area contributed by atoms with Gasteiger partial charge in [0.2, 0.25) is 5.91 Å². The van der Waals surface area contributed by atoms with E-state index in [0.717, 1.165) is 15.9 Å². The van der Waals surface area contributed by atoms with Gasteiger partial charge < -0.3 is 15.5 Å². The largest absolute Gasteiger partial charge is 0.394 e. The lowest BCUT2D eigenvalue weighted by molar-refractivity contribution is -0.384. The van der Waals surface area contributed by atoms with Gasteiger partial charge in [0.05, 0.1) is 34.3 Å². The van der Waals surface area contributed by atoms with Crippen molar-refractivity contribution in [3.8, 4) is 0 Å². The lowest BCUT2D eigenvalue weighted by Gasteiger charge is -2.22. The molecule has 2 unspecified atom stereocenters. The van der Waals surface area contributed by atoms with Gasteiger partial charge in [0.1, 0.15) is 6.10 Å². The molecule has 10 heteroatoms. The van der Waals surface area contributed by atoms with Crippen LogP contribution in [-0.2, 0) is 11.3 Å². The minimum Gasteiger partial charge on any atom is -0.394 e. The van der Waals surface area contributed by atoms with Crippen LogP contribution in [0, 0.1) is 24.0 Å². The third-order valence-electron chi connectivity index (χ3n) is 4.21. The molecule has 2 atom stereocenters. The number of carbonyl (C=O) groups excluding carboxylic acids is 1. The Kier molecular flexibility index (Phi) is 7.05. The fourth-order valence-corrected chi connectivity index (χ4v) is 2.91. The number of aliphatic hydroxyl groups is 2. The summed E-state index contributed by atoms with van der Waals surface area (Å²) in [6.07, 6.45) is -1.07. The van der Waals surface area contributed by atoms with Crippen molar-refractivity contribution in [2.24, 2.45) is 0 Å². The van der Waals surface area contributed by atoms with Gasteiger partial charge in [-0.05, 0) is 47.5 Å². The highest BCUT2D eigenvalue weighted by atomic mass is 79.9. The molecular weight excluding hydrogens is 420 g/mol. The maximum absolute atomic E-state index is 12.2. The normalized spacial score (nSPS) is 13.2. The second-order valence-electron chi connectivity index (χ2n) is 6.11. The average Bonchev–Trinajstić information content (AvgIpc) is 2.90. The molecule has 0 saturated carbocycles. The molecule has 0 bridgehead atoms. The quantitative estimate of drug-likeness (QED) is 0.423. The molecule has 27 heavy (non-hydrogen) atoms. The highest BCUT2D eigenvalue weighted by Crippen LogP contribution is 2.21. The van der Waals surface area contributed by atoms with Gasteiger partial charge in [-0.2, -0.15) is 5.10 Å². The van der Waals surface area contributed by atoms with E-state index in [-0.39, 0.29) is 18.0 Å². The summed E-state index contributed by atoms with van der Waals surface area (Å²) < 4.78 is 2.60. The first-order chi connectivity index (χ1) is 12.7. The smallest absolute Gasteiger partial charge is 0.269 e. The Labute approximate surface area is 164 Å². The Bertz CT molecular complexity index is 821. The van der Waals surface area contributed by atoms with Crippen molar-refractivity contribution in [2.45, 2.75) is 39.0 Å². The van der Waals surface area contributed by atoms with Crippen molar-refractivity contribution >= 4 is 27.5 Å². The van der Waals surface area contributed by atoms with Crippen LogP contribution in [0.5, 0.6) is 0 Å². The van der Waals surface area contributed by atoms with E-state index < -0.39 is 23.7 Å². The van der Waals surface area contributed by atoms with E-state index in [0.29, 0.717) is 12.1 Å². The predicted molar refractivity (Wildman–Crippen MR) is 101 cm³/mol. The number of aryl methyl sites for hydroxylation is 2. The molecule has 0 aliphatic heterocycles. The highest BCUT2D eigenvalue weighted by molar-refractivity contribution is 9.10. The number of hydrogen-bond donors (Lipinski definition) is 3. The molecule has 2 aromatic rings. The van der Waals surface area contributed by atoms with E-state index >= 15 is 0 Å². The Balaban J connectivity index is 1.97. The number of rotatable bonds is 8. The van der Waals surface area contributed by atoms with E-state index in [9.17, 15) is 25.1 Å². The maximum Gasteiger partial charge on any atom is 0.269 e. The molecule has 0 aliphatic carbocycles. The van der Waals surface area contributed by atoms with Crippen molar-refractivity contribution in [1.29, 1.82) is 0 Å². The zero-order valence-corrected chi connectivity index (χ0v) is 16.5. The minimum atomic E-state index is -1.19. The molecule has 1 aromatic heterocycles. The number of aromatic nitrogens is 2. The maximum atomic E-state index is 12.2. The van der Waals surface area contributed by atoms with Crippen molar-refractivity contribution < 1.29 is 19.9 Å². The van der Waals surface area contributed by atoms with Crippen LogP contribution in [0.2, 0.25) is 0 Å². The molecule has 1 amide bonds. The van der Waals surface area contributed by atoms with Gasteiger partial charge in [-0.1, -0.05) is 0 Å². The topological polar surface area (TPSA) is 131 Å². The molecule has 1 heterocycles. The van der Waals surface area contributed by atoms with Crippen molar-refractivity contribution in [2.75, 3.05) is 6.61 Å². The number of hydrogen-bond acceptors (Lipinski definition) is 6. The first-order valence-electron chi connectivity index (χ1n) is 8.26. The molecule has 0 spiro atoms. The fourth-order valence-electron chi connectivity index (χ4n) is 2.63.